The third-order valence-electron chi connectivity index (χ3n) is 5.76. The van der Waals surface area contributed by atoms with Crippen LogP contribution >= 0.6 is 0 Å². The second kappa shape index (κ2) is 6.74. The molecule has 0 aromatic heterocycles. The molecule has 2 fully saturated rings. The van der Waals surface area contributed by atoms with E-state index in [1.807, 2.05) is 24.3 Å². The van der Waals surface area contributed by atoms with Crippen LogP contribution < -0.4 is 4.48 Å². The highest BCUT2D eigenvalue weighted by atomic mass is 16.1. The molecule has 3 nitrogen and oxygen atoms in total. The number of amides is 1. The Labute approximate surface area is 132 Å². The van der Waals surface area contributed by atoms with Gasteiger partial charge in [0.25, 0.3) is 0 Å². The summed E-state index contributed by atoms with van der Waals surface area (Å²) in [5, 5.41) is 0. The number of hydrogen-bond acceptors (Lipinski definition) is 2. The van der Waals surface area contributed by atoms with Gasteiger partial charge in [-0.1, -0.05) is 6.42 Å². The molecule has 1 amide bonds. The summed E-state index contributed by atoms with van der Waals surface area (Å²) in [6.07, 6.45) is 12.9. The van der Waals surface area contributed by atoms with E-state index in [4.69, 9.17) is 0 Å². The smallest absolute Gasteiger partial charge is 0.298 e. The predicted octanol–water partition coefficient (Wildman–Crippen LogP) is 4.24. The van der Waals surface area contributed by atoms with Crippen molar-refractivity contribution in [1.29, 1.82) is 0 Å². The van der Waals surface area contributed by atoms with Crippen LogP contribution in [-0.2, 0) is 4.79 Å². The first kappa shape index (κ1) is 15.4. The third-order valence-corrected chi connectivity index (χ3v) is 5.76. The molecule has 1 atom stereocenters. The Bertz CT molecular complexity index is 513. The lowest BCUT2D eigenvalue weighted by atomic mass is 9.89. The van der Waals surface area contributed by atoms with Gasteiger partial charge in [-0.3, -0.25) is 4.79 Å². The van der Waals surface area contributed by atoms with E-state index in [1.54, 1.807) is 0 Å². The average molecular weight is 300 g/mol. The summed E-state index contributed by atoms with van der Waals surface area (Å²) in [5.41, 5.74) is 1.77. The molecule has 0 aliphatic heterocycles. The average Bonchev–Trinajstić information content (AvgIpc) is 3.13. The fourth-order valence-corrected chi connectivity index (χ4v) is 4.60. The maximum atomic E-state index is 12.4. The van der Waals surface area contributed by atoms with E-state index in [0.29, 0.717) is 22.1 Å². The molecule has 0 N–H and O–H groups in total. The standard InChI is InChI=1S/C19H26NO2/c21-14-16-10-12-19(13-11-16)20(15-22,18-8-4-5-9-18)17-6-2-1-3-7-17/h10-15,17-18H,1-9H2/q+1. The summed E-state index contributed by atoms with van der Waals surface area (Å²) in [4.78, 5) is 23.3. The normalized spacial score (nSPS) is 23.1. The van der Waals surface area contributed by atoms with E-state index in [0.717, 1.165) is 37.7 Å². The Kier molecular flexibility index (Phi) is 4.72. The molecule has 3 heteroatoms. The Balaban J connectivity index is 2.02. The summed E-state index contributed by atoms with van der Waals surface area (Å²) in [6.45, 7) is 0. The number of rotatable bonds is 5. The number of hydrogen-bond donors (Lipinski definition) is 0. The van der Waals surface area contributed by atoms with E-state index in [-0.39, 0.29) is 0 Å². The molecule has 3 rings (SSSR count). The lowest BCUT2D eigenvalue weighted by Crippen LogP contribution is -2.62. The zero-order valence-electron chi connectivity index (χ0n) is 13.2. The lowest BCUT2D eigenvalue weighted by Gasteiger charge is -2.45. The van der Waals surface area contributed by atoms with Crippen LogP contribution in [0.15, 0.2) is 24.3 Å². The van der Waals surface area contributed by atoms with E-state index in [2.05, 4.69) is 0 Å². The minimum absolute atomic E-state index is 0.413. The molecule has 22 heavy (non-hydrogen) atoms. The van der Waals surface area contributed by atoms with Crippen molar-refractivity contribution in [3.05, 3.63) is 29.8 Å². The van der Waals surface area contributed by atoms with Crippen LogP contribution in [0.2, 0.25) is 0 Å². The van der Waals surface area contributed by atoms with Crippen LogP contribution in [0.25, 0.3) is 0 Å². The second-order valence-corrected chi connectivity index (χ2v) is 6.88. The van der Waals surface area contributed by atoms with Crippen molar-refractivity contribution in [3.63, 3.8) is 0 Å². The second-order valence-electron chi connectivity index (χ2n) is 6.88. The highest BCUT2D eigenvalue weighted by Crippen LogP contribution is 2.40. The molecule has 0 heterocycles. The maximum absolute atomic E-state index is 12.4. The number of nitrogens with zero attached hydrogens (tertiary/aromatic N) is 1. The molecule has 1 aromatic rings. The van der Waals surface area contributed by atoms with Crippen molar-refractivity contribution in [2.24, 2.45) is 0 Å². The Morgan fingerprint density at radius 1 is 0.773 bits per heavy atom. The lowest BCUT2D eigenvalue weighted by molar-refractivity contribution is -0.122. The fourth-order valence-electron chi connectivity index (χ4n) is 4.60. The molecule has 2 saturated carbocycles. The van der Waals surface area contributed by atoms with Gasteiger partial charge in [0.2, 0.25) is 0 Å². The zero-order chi connectivity index (χ0) is 15.4. The Hall–Kier alpha value is -1.48. The molecule has 0 spiro atoms. The van der Waals surface area contributed by atoms with Crippen LogP contribution in [0.4, 0.5) is 5.69 Å². The number of quaternary nitrogens is 1. The van der Waals surface area contributed by atoms with Crippen molar-refractivity contribution in [1.82, 2.24) is 4.48 Å². The Morgan fingerprint density at radius 2 is 1.27 bits per heavy atom. The summed E-state index contributed by atoms with van der Waals surface area (Å²) < 4.78 is 0.499. The van der Waals surface area contributed by atoms with E-state index >= 15 is 0 Å². The summed E-state index contributed by atoms with van der Waals surface area (Å²) in [6, 6.07) is 8.56. The van der Waals surface area contributed by atoms with Gasteiger partial charge in [-0.25, -0.2) is 9.28 Å². The highest BCUT2D eigenvalue weighted by molar-refractivity contribution is 5.78. The molecule has 0 bridgehead atoms. The van der Waals surface area contributed by atoms with Gasteiger partial charge in [-0.15, -0.1) is 0 Å². The van der Waals surface area contributed by atoms with Crippen molar-refractivity contribution >= 4 is 18.4 Å². The topological polar surface area (TPSA) is 34.1 Å². The van der Waals surface area contributed by atoms with Gasteiger partial charge in [0.1, 0.15) is 24.1 Å². The number of aldehydes is 1. The van der Waals surface area contributed by atoms with E-state index in [1.165, 1.54) is 38.5 Å². The highest BCUT2D eigenvalue weighted by Gasteiger charge is 2.47. The van der Waals surface area contributed by atoms with Crippen LogP contribution in [0.5, 0.6) is 0 Å². The number of benzene rings is 1. The van der Waals surface area contributed by atoms with Crippen LogP contribution in [0, 0.1) is 0 Å². The molecule has 0 radical (unpaired) electrons. The minimum atomic E-state index is 0.413. The summed E-state index contributed by atoms with van der Waals surface area (Å²) in [5.74, 6) is 0. The molecule has 2 aliphatic rings. The fraction of sp³-hybridized carbons (Fsp3) is 0.579. The van der Waals surface area contributed by atoms with Gasteiger partial charge in [0.05, 0.1) is 0 Å². The van der Waals surface area contributed by atoms with Crippen LogP contribution in [0.1, 0.15) is 68.1 Å². The molecular weight excluding hydrogens is 274 g/mol. The molecule has 118 valence electrons. The van der Waals surface area contributed by atoms with Gasteiger partial charge in [0.15, 0.2) is 0 Å². The summed E-state index contributed by atoms with van der Waals surface area (Å²) in [7, 11) is 0. The van der Waals surface area contributed by atoms with Crippen molar-refractivity contribution in [2.75, 3.05) is 0 Å². The van der Waals surface area contributed by atoms with Gasteiger partial charge in [-0.2, -0.15) is 0 Å². The molecule has 2 aliphatic carbocycles. The number of carbonyl (C=O) groups excluding carboxylic acids is 2. The molecule has 0 saturated heterocycles. The van der Waals surface area contributed by atoms with Gasteiger partial charge >= 0.3 is 6.41 Å². The molecular formula is C19H26NO2+. The van der Waals surface area contributed by atoms with Gasteiger partial charge in [0, 0.05) is 43.4 Å². The summed E-state index contributed by atoms with van der Waals surface area (Å²) >= 11 is 0. The van der Waals surface area contributed by atoms with Gasteiger partial charge in [-0.05, 0) is 37.8 Å². The zero-order valence-corrected chi connectivity index (χ0v) is 13.2. The van der Waals surface area contributed by atoms with Crippen molar-refractivity contribution in [3.8, 4) is 0 Å². The van der Waals surface area contributed by atoms with Crippen LogP contribution in [-0.4, -0.2) is 24.8 Å². The quantitative estimate of drug-likeness (QED) is 0.602. The minimum Gasteiger partial charge on any atom is -0.298 e. The first-order chi connectivity index (χ1) is 10.8. The predicted molar refractivity (Wildman–Crippen MR) is 88.8 cm³/mol. The molecule has 1 unspecified atom stereocenters. The van der Waals surface area contributed by atoms with Crippen LogP contribution in [0.3, 0.4) is 0 Å². The van der Waals surface area contributed by atoms with E-state index < -0.39 is 0 Å². The van der Waals surface area contributed by atoms with Gasteiger partial charge < -0.3 is 0 Å². The molecule has 1 aromatic carbocycles. The van der Waals surface area contributed by atoms with E-state index in [9.17, 15) is 9.59 Å². The van der Waals surface area contributed by atoms with Crippen molar-refractivity contribution in [2.45, 2.75) is 69.9 Å². The maximum Gasteiger partial charge on any atom is 0.307 e. The largest absolute Gasteiger partial charge is 0.307 e. The number of carbonyl (C=O) groups is 2. The monoisotopic (exact) mass is 300 g/mol. The van der Waals surface area contributed by atoms with Crippen molar-refractivity contribution < 1.29 is 9.59 Å². The third kappa shape index (κ3) is 2.63. The Morgan fingerprint density at radius 3 is 1.73 bits per heavy atom. The first-order valence-corrected chi connectivity index (χ1v) is 8.71. The first-order valence-electron chi connectivity index (χ1n) is 8.71. The SMILES string of the molecule is O=Cc1ccc([N+](C=O)(C2CCCCC2)C2CCCC2)cc1.